The van der Waals surface area contributed by atoms with Crippen molar-refractivity contribution in [1.82, 2.24) is 0 Å². The van der Waals surface area contributed by atoms with Crippen LogP contribution in [0, 0.1) is 5.41 Å². The van der Waals surface area contributed by atoms with Gasteiger partial charge < -0.3 is 19.7 Å². The van der Waals surface area contributed by atoms with Gasteiger partial charge in [-0.3, -0.25) is 9.59 Å². The smallest absolute Gasteiger partial charge is 0.259 e. The molecule has 0 atom stereocenters. The van der Waals surface area contributed by atoms with Gasteiger partial charge in [-0.05, 0) is 44.2 Å². The van der Waals surface area contributed by atoms with E-state index in [0.717, 1.165) is 0 Å². The number of ether oxygens (including phenoxy) is 2. The zero-order valence-electron chi connectivity index (χ0n) is 16.6. The average molecular weight is 415 g/mol. The van der Waals surface area contributed by atoms with E-state index in [9.17, 15) is 9.59 Å². The van der Waals surface area contributed by atoms with Crippen LogP contribution < -0.4 is 19.7 Å². The van der Waals surface area contributed by atoms with Crippen molar-refractivity contribution in [2.45, 2.75) is 13.8 Å². The van der Waals surface area contributed by atoms with Crippen molar-refractivity contribution >= 4 is 34.8 Å². The van der Waals surface area contributed by atoms with Crippen molar-refractivity contribution in [1.29, 1.82) is 0 Å². The number of halogens is 1. The highest BCUT2D eigenvalue weighted by atomic mass is 35.5. The summed E-state index contributed by atoms with van der Waals surface area (Å²) in [5.41, 5.74) is 0.806. The summed E-state index contributed by atoms with van der Waals surface area (Å²) in [6.45, 7) is 8.01. The number of nitrogens with zero attached hydrogens (tertiary/aromatic N) is 1. The number of amides is 2. The monoisotopic (exact) mass is 414 g/mol. The number of methoxy groups -OCH3 is 1. The van der Waals surface area contributed by atoms with Crippen LogP contribution >= 0.6 is 11.6 Å². The van der Waals surface area contributed by atoms with Gasteiger partial charge in [0.1, 0.15) is 18.1 Å². The van der Waals surface area contributed by atoms with Gasteiger partial charge in [0.25, 0.3) is 5.91 Å². The Morgan fingerprint density at radius 2 is 2.10 bits per heavy atom. The Labute approximate surface area is 175 Å². The summed E-state index contributed by atoms with van der Waals surface area (Å²) >= 11 is 6.02. The SMILES string of the molecule is C=CCN1C(=O)C(C)(C)COc2cc(NC(=O)c3cc(Cl)ccc3OC)ccc21. The maximum Gasteiger partial charge on any atom is 0.259 e. The van der Waals surface area contributed by atoms with E-state index in [1.807, 2.05) is 13.8 Å². The topological polar surface area (TPSA) is 67.9 Å². The van der Waals surface area contributed by atoms with E-state index in [0.29, 0.717) is 40.0 Å². The predicted octanol–water partition coefficient (Wildman–Crippen LogP) is 4.54. The van der Waals surface area contributed by atoms with Crippen molar-refractivity contribution in [2.24, 2.45) is 5.41 Å². The first-order valence-electron chi connectivity index (χ1n) is 9.11. The van der Waals surface area contributed by atoms with Crippen LogP contribution in [0.5, 0.6) is 11.5 Å². The highest BCUT2D eigenvalue weighted by Crippen LogP contribution is 2.38. The lowest BCUT2D eigenvalue weighted by Gasteiger charge is -2.27. The van der Waals surface area contributed by atoms with E-state index in [4.69, 9.17) is 21.1 Å². The van der Waals surface area contributed by atoms with E-state index in [1.165, 1.54) is 7.11 Å². The molecule has 1 heterocycles. The van der Waals surface area contributed by atoms with Gasteiger partial charge in [0, 0.05) is 23.3 Å². The highest BCUT2D eigenvalue weighted by Gasteiger charge is 2.37. The minimum Gasteiger partial charge on any atom is -0.496 e. The maximum absolute atomic E-state index is 12.9. The Bertz CT molecular complexity index is 971. The molecule has 6 nitrogen and oxygen atoms in total. The Kier molecular flexibility index (Phi) is 5.84. The van der Waals surface area contributed by atoms with E-state index in [-0.39, 0.29) is 18.4 Å². The molecule has 1 N–H and O–H groups in total. The van der Waals surface area contributed by atoms with Gasteiger partial charge in [0.05, 0.1) is 23.8 Å². The molecule has 0 aromatic heterocycles. The lowest BCUT2D eigenvalue weighted by Crippen LogP contribution is -2.42. The standard InChI is InChI=1S/C22H23ClN2O4/c1-5-10-25-17-8-7-15(12-19(17)29-13-22(2,3)21(25)27)24-20(26)16-11-14(23)6-9-18(16)28-4/h5-9,11-12H,1,10,13H2,2-4H3,(H,24,26). The number of benzene rings is 2. The van der Waals surface area contributed by atoms with Crippen LogP contribution in [0.25, 0.3) is 0 Å². The molecule has 0 saturated heterocycles. The fraction of sp³-hybridized carbons (Fsp3) is 0.273. The lowest BCUT2D eigenvalue weighted by atomic mass is 9.93. The Hall–Kier alpha value is -2.99. The summed E-state index contributed by atoms with van der Waals surface area (Å²) in [6, 6.07) is 10.0. The molecule has 7 heteroatoms. The van der Waals surface area contributed by atoms with Gasteiger partial charge in [-0.25, -0.2) is 0 Å². The van der Waals surface area contributed by atoms with Crippen molar-refractivity contribution in [3.05, 3.63) is 59.6 Å². The Morgan fingerprint density at radius 1 is 1.34 bits per heavy atom. The number of carbonyl (C=O) groups is 2. The highest BCUT2D eigenvalue weighted by molar-refractivity contribution is 6.31. The third-order valence-electron chi connectivity index (χ3n) is 4.64. The molecular weight excluding hydrogens is 392 g/mol. The molecular formula is C22H23ClN2O4. The van der Waals surface area contributed by atoms with Crippen molar-refractivity contribution in [3.63, 3.8) is 0 Å². The molecule has 152 valence electrons. The minimum atomic E-state index is -0.681. The number of fused-ring (bicyclic) bond motifs is 1. The number of hydrogen-bond acceptors (Lipinski definition) is 4. The normalized spacial score (nSPS) is 15.0. The number of nitrogens with one attached hydrogen (secondary N) is 1. The second kappa shape index (κ2) is 8.17. The quantitative estimate of drug-likeness (QED) is 0.729. The maximum atomic E-state index is 12.9. The fourth-order valence-electron chi connectivity index (χ4n) is 3.09. The first-order valence-corrected chi connectivity index (χ1v) is 9.49. The summed E-state index contributed by atoms with van der Waals surface area (Å²) < 4.78 is 11.2. The predicted molar refractivity (Wildman–Crippen MR) is 114 cm³/mol. The molecule has 0 aliphatic carbocycles. The van der Waals surface area contributed by atoms with Gasteiger partial charge >= 0.3 is 0 Å². The lowest BCUT2D eigenvalue weighted by molar-refractivity contribution is -0.127. The first-order chi connectivity index (χ1) is 13.8. The van der Waals surface area contributed by atoms with Gasteiger partial charge in [-0.1, -0.05) is 17.7 Å². The van der Waals surface area contributed by atoms with E-state index in [2.05, 4.69) is 11.9 Å². The molecule has 1 aliphatic rings. The molecule has 0 saturated carbocycles. The van der Waals surface area contributed by atoms with Crippen LogP contribution in [-0.2, 0) is 4.79 Å². The molecule has 0 radical (unpaired) electrons. The molecule has 1 aliphatic heterocycles. The van der Waals surface area contributed by atoms with E-state index < -0.39 is 5.41 Å². The fourth-order valence-corrected chi connectivity index (χ4v) is 3.26. The summed E-state index contributed by atoms with van der Waals surface area (Å²) in [6.07, 6.45) is 1.67. The largest absolute Gasteiger partial charge is 0.496 e. The van der Waals surface area contributed by atoms with Crippen LogP contribution in [-0.4, -0.2) is 32.1 Å². The minimum absolute atomic E-state index is 0.0448. The van der Waals surface area contributed by atoms with Crippen LogP contribution in [0.2, 0.25) is 5.02 Å². The zero-order valence-corrected chi connectivity index (χ0v) is 17.4. The number of rotatable bonds is 5. The van der Waals surface area contributed by atoms with Gasteiger partial charge in [0.2, 0.25) is 5.91 Å². The van der Waals surface area contributed by atoms with E-state index in [1.54, 1.807) is 47.4 Å². The van der Waals surface area contributed by atoms with Crippen LogP contribution in [0.1, 0.15) is 24.2 Å². The molecule has 2 aromatic carbocycles. The van der Waals surface area contributed by atoms with Crippen molar-refractivity contribution in [3.8, 4) is 11.5 Å². The molecule has 0 unspecified atom stereocenters. The zero-order chi connectivity index (χ0) is 21.2. The first kappa shape index (κ1) is 20.7. The summed E-state index contributed by atoms with van der Waals surface area (Å²) in [7, 11) is 1.49. The Balaban J connectivity index is 1.92. The molecule has 2 aromatic rings. The van der Waals surface area contributed by atoms with Gasteiger partial charge in [-0.15, -0.1) is 6.58 Å². The molecule has 0 fully saturated rings. The summed E-state index contributed by atoms with van der Waals surface area (Å²) in [5.74, 6) is 0.526. The second-order valence-corrected chi connectivity index (χ2v) is 7.79. The third-order valence-corrected chi connectivity index (χ3v) is 4.87. The molecule has 0 bridgehead atoms. The van der Waals surface area contributed by atoms with Crippen LogP contribution in [0.4, 0.5) is 11.4 Å². The molecule has 3 rings (SSSR count). The third kappa shape index (κ3) is 4.22. The average Bonchev–Trinajstić information content (AvgIpc) is 2.78. The number of hydrogen-bond donors (Lipinski definition) is 1. The molecule has 29 heavy (non-hydrogen) atoms. The van der Waals surface area contributed by atoms with Crippen molar-refractivity contribution < 1.29 is 19.1 Å². The summed E-state index contributed by atoms with van der Waals surface area (Å²) in [4.78, 5) is 27.2. The molecule has 2 amide bonds. The van der Waals surface area contributed by atoms with Gasteiger partial charge in [-0.2, -0.15) is 0 Å². The van der Waals surface area contributed by atoms with Gasteiger partial charge in [0.15, 0.2) is 0 Å². The number of anilines is 2. The van der Waals surface area contributed by atoms with Crippen molar-refractivity contribution in [2.75, 3.05) is 30.5 Å². The van der Waals surface area contributed by atoms with Crippen LogP contribution in [0.15, 0.2) is 49.1 Å². The Morgan fingerprint density at radius 3 is 2.79 bits per heavy atom. The number of carbonyl (C=O) groups excluding carboxylic acids is 2. The second-order valence-electron chi connectivity index (χ2n) is 7.36. The van der Waals surface area contributed by atoms with Crippen LogP contribution in [0.3, 0.4) is 0 Å². The summed E-state index contributed by atoms with van der Waals surface area (Å²) in [5, 5.41) is 3.26. The van der Waals surface area contributed by atoms with E-state index >= 15 is 0 Å². The molecule has 0 spiro atoms.